The Bertz CT molecular complexity index is 705. The number of benzene rings is 2. The van der Waals surface area contributed by atoms with Crippen molar-refractivity contribution in [2.45, 2.75) is 26.0 Å². The molecule has 0 aliphatic heterocycles. The van der Waals surface area contributed by atoms with Crippen LogP contribution in [0.5, 0.6) is 5.75 Å². The molecular formula is C23H33N3O3. The van der Waals surface area contributed by atoms with Gasteiger partial charge in [-0.25, -0.2) is 0 Å². The predicted molar refractivity (Wildman–Crippen MR) is 117 cm³/mol. The van der Waals surface area contributed by atoms with Crippen molar-refractivity contribution in [3.05, 3.63) is 65.7 Å². The molecule has 1 atom stereocenters. The third-order valence-corrected chi connectivity index (χ3v) is 4.41. The van der Waals surface area contributed by atoms with Crippen LogP contribution in [0.2, 0.25) is 0 Å². The summed E-state index contributed by atoms with van der Waals surface area (Å²) >= 11 is 0. The number of nitrogens with one attached hydrogen (secondary N) is 2. The molecule has 158 valence electrons. The first kappa shape index (κ1) is 22.7. The van der Waals surface area contributed by atoms with Gasteiger partial charge in [-0.3, -0.25) is 4.99 Å². The lowest BCUT2D eigenvalue weighted by Crippen LogP contribution is -2.37. The van der Waals surface area contributed by atoms with Gasteiger partial charge in [-0.05, 0) is 36.6 Å². The van der Waals surface area contributed by atoms with Gasteiger partial charge in [0.25, 0.3) is 0 Å². The van der Waals surface area contributed by atoms with Crippen molar-refractivity contribution in [3.63, 3.8) is 0 Å². The molecule has 0 aromatic heterocycles. The summed E-state index contributed by atoms with van der Waals surface area (Å²) < 4.78 is 16.5. The number of hydrogen-bond acceptors (Lipinski definition) is 4. The number of nitrogens with zero attached hydrogens (tertiary/aromatic N) is 1. The Morgan fingerprint density at radius 1 is 0.966 bits per heavy atom. The first-order valence-corrected chi connectivity index (χ1v) is 10.0. The average molecular weight is 400 g/mol. The smallest absolute Gasteiger partial charge is 0.191 e. The number of ether oxygens (including phenoxy) is 3. The highest BCUT2D eigenvalue weighted by molar-refractivity contribution is 5.79. The molecule has 2 aromatic carbocycles. The lowest BCUT2D eigenvalue weighted by molar-refractivity contribution is 0.0646. The van der Waals surface area contributed by atoms with Crippen LogP contribution >= 0.6 is 0 Å². The zero-order chi connectivity index (χ0) is 20.7. The van der Waals surface area contributed by atoms with Gasteiger partial charge in [0.2, 0.25) is 0 Å². The number of methoxy groups -OCH3 is 1. The highest BCUT2D eigenvalue weighted by Crippen LogP contribution is 2.15. The summed E-state index contributed by atoms with van der Waals surface area (Å²) in [6.45, 7) is 5.41. The molecule has 0 saturated carbocycles. The van der Waals surface area contributed by atoms with Gasteiger partial charge in [-0.15, -0.1) is 0 Å². The molecule has 0 radical (unpaired) electrons. The Morgan fingerprint density at radius 2 is 1.72 bits per heavy atom. The second-order valence-electron chi connectivity index (χ2n) is 6.62. The topological polar surface area (TPSA) is 64.1 Å². The van der Waals surface area contributed by atoms with Gasteiger partial charge in [0.05, 0.1) is 12.7 Å². The molecule has 0 fully saturated rings. The van der Waals surface area contributed by atoms with E-state index in [1.165, 1.54) is 5.56 Å². The summed E-state index contributed by atoms with van der Waals surface area (Å²) in [7, 11) is 3.44. The lowest BCUT2D eigenvalue weighted by atomic mass is 10.1. The maximum Gasteiger partial charge on any atom is 0.191 e. The second-order valence-corrected chi connectivity index (χ2v) is 6.62. The van der Waals surface area contributed by atoms with E-state index in [2.05, 4.69) is 34.7 Å². The van der Waals surface area contributed by atoms with Crippen molar-refractivity contribution in [3.8, 4) is 5.75 Å². The molecule has 6 heteroatoms. The normalized spacial score (nSPS) is 12.4. The quantitative estimate of drug-likeness (QED) is 0.325. The third kappa shape index (κ3) is 8.98. The fraction of sp³-hybridized carbons (Fsp3) is 0.435. The minimum atomic E-state index is 0.107. The van der Waals surface area contributed by atoms with Gasteiger partial charge >= 0.3 is 0 Å². The van der Waals surface area contributed by atoms with Crippen LogP contribution in [0.25, 0.3) is 0 Å². The van der Waals surface area contributed by atoms with Gasteiger partial charge in [0.15, 0.2) is 5.96 Å². The lowest BCUT2D eigenvalue weighted by Gasteiger charge is -2.15. The maximum atomic E-state index is 5.90. The zero-order valence-corrected chi connectivity index (χ0v) is 17.7. The maximum absolute atomic E-state index is 5.90. The van der Waals surface area contributed by atoms with Crippen molar-refractivity contribution in [2.24, 2.45) is 4.99 Å². The van der Waals surface area contributed by atoms with E-state index in [9.17, 15) is 0 Å². The Kier molecular flexibility index (Phi) is 10.6. The summed E-state index contributed by atoms with van der Waals surface area (Å²) in [5.74, 6) is 1.62. The molecule has 0 saturated heterocycles. The number of aliphatic imine (C=N–C) groups is 1. The van der Waals surface area contributed by atoms with Crippen LogP contribution in [0.3, 0.4) is 0 Å². The first-order chi connectivity index (χ1) is 14.2. The van der Waals surface area contributed by atoms with E-state index in [0.717, 1.165) is 30.2 Å². The van der Waals surface area contributed by atoms with E-state index >= 15 is 0 Å². The van der Waals surface area contributed by atoms with E-state index in [1.807, 2.05) is 42.5 Å². The van der Waals surface area contributed by atoms with Gasteiger partial charge in [0.1, 0.15) is 12.4 Å². The van der Waals surface area contributed by atoms with Gasteiger partial charge in [0, 0.05) is 33.9 Å². The van der Waals surface area contributed by atoms with E-state index < -0.39 is 0 Å². The summed E-state index contributed by atoms with van der Waals surface area (Å²) in [6, 6.07) is 18.3. The standard InChI is InChI=1S/C23H33N3O3/c1-19(21-8-5-4-6-9-21)28-15-7-14-25-23(24-2)26-18-20-10-12-22(13-11-20)29-17-16-27-3/h4-6,8-13,19H,7,14-18H2,1-3H3,(H2,24,25,26). The Labute approximate surface area is 174 Å². The van der Waals surface area contributed by atoms with Crippen molar-refractivity contribution < 1.29 is 14.2 Å². The monoisotopic (exact) mass is 399 g/mol. The van der Waals surface area contributed by atoms with Crippen LogP contribution in [0.4, 0.5) is 0 Å². The fourth-order valence-corrected chi connectivity index (χ4v) is 2.71. The van der Waals surface area contributed by atoms with E-state index in [1.54, 1.807) is 14.2 Å². The summed E-state index contributed by atoms with van der Waals surface area (Å²) in [6.07, 6.45) is 1.01. The minimum absolute atomic E-state index is 0.107. The molecule has 2 aromatic rings. The van der Waals surface area contributed by atoms with Gasteiger partial charge in [-0.2, -0.15) is 0 Å². The summed E-state index contributed by atoms with van der Waals surface area (Å²) in [4.78, 5) is 4.27. The molecule has 2 N–H and O–H groups in total. The SMILES string of the molecule is CN=C(NCCCOC(C)c1ccccc1)NCc1ccc(OCCOC)cc1. The van der Waals surface area contributed by atoms with Gasteiger partial charge < -0.3 is 24.8 Å². The number of rotatable bonds is 12. The van der Waals surface area contributed by atoms with Crippen molar-refractivity contribution >= 4 is 5.96 Å². The molecule has 2 rings (SSSR count). The third-order valence-electron chi connectivity index (χ3n) is 4.41. The van der Waals surface area contributed by atoms with E-state index in [-0.39, 0.29) is 6.10 Å². The van der Waals surface area contributed by atoms with Crippen LogP contribution in [0.15, 0.2) is 59.6 Å². The largest absolute Gasteiger partial charge is 0.491 e. The van der Waals surface area contributed by atoms with Crippen molar-refractivity contribution in [1.82, 2.24) is 10.6 Å². The van der Waals surface area contributed by atoms with Crippen LogP contribution in [-0.2, 0) is 16.0 Å². The molecule has 0 aliphatic rings. The van der Waals surface area contributed by atoms with Gasteiger partial charge in [-0.1, -0.05) is 42.5 Å². The average Bonchev–Trinajstić information content (AvgIpc) is 2.77. The molecule has 6 nitrogen and oxygen atoms in total. The molecule has 0 heterocycles. The minimum Gasteiger partial charge on any atom is -0.491 e. The Hall–Kier alpha value is -2.57. The molecule has 0 bridgehead atoms. The Morgan fingerprint density at radius 3 is 2.41 bits per heavy atom. The second kappa shape index (κ2) is 13.6. The van der Waals surface area contributed by atoms with Crippen LogP contribution in [0, 0.1) is 0 Å². The van der Waals surface area contributed by atoms with Crippen LogP contribution in [0.1, 0.15) is 30.6 Å². The Balaban J connectivity index is 1.61. The highest BCUT2D eigenvalue weighted by Gasteiger charge is 2.04. The zero-order valence-electron chi connectivity index (χ0n) is 17.7. The molecule has 0 amide bonds. The van der Waals surface area contributed by atoms with Crippen LogP contribution < -0.4 is 15.4 Å². The molecule has 29 heavy (non-hydrogen) atoms. The van der Waals surface area contributed by atoms with E-state index in [4.69, 9.17) is 14.2 Å². The van der Waals surface area contributed by atoms with Crippen LogP contribution in [-0.4, -0.2) is 46.5 Å². The highest BCUT2D eigenvalue weighted by atomic mass is 16.5. The predicted octanol–water partition coefficient (Wildman–Crippen LogP) is 3.54. The molecule has 0 aliphatic carbocycles. The summed E-state index contributed by atoms with van der Waals surface area (Å²) in [5, 5.41) is 6.64. The number of hydrogen-bond donors (Lipinski definition) is 2. The van der Waals surface area contributed by atoms with E-state index in [0.29, 0.717) is 26.4 Å². The summed E-state index contributed by atoms with van der Waals surface area (Å²) in [5.41, 5.74) is 2.36. The molecule has 1 unspecified atom stereocenters. The van der Waals surface area contributed by atoms with Crippen molar-refractivity contribution in [2.75, 3.05) is 40.5 Å². The van der Waals surface area contributed by atoms with Crippen molar-refractivity contribution in [1.29, 1.82) is 0 Å². The number of guanidine groups is 1. The molecular weight excluding hydrogens is 366 g/mol. The first-order valence-electron chi connectivity index (χ1n) is 10.0. The molecule has 0 spiro atoms. The fourth-order valence-electron chi connectivity index (χ4n) is 2.71.